The average Bonchev–Trinajstić information content (AvgIpc) is 2.35. The fraction of sp³-hybridized carbons (Fsp3) is 0.500. The highest BCUT2D eigenvalue weighted by Gasteiger charge is 2.23. The first-order valence-corrected chi connectivity index (χ1v) is 5.59. The molecule has 5 nitrogen and oxygen atoms in total. The summed E-state index contributed by atoms with van der Waals surface area (Å²) in [6.07, 6.45) is 0.773. The van der Waals surface area contributed by atoms with Crippen molar-refractivity contribution in [3.05, 3.63) is 33.9 Å². The number of nitro groups is 1. The van der Waals surface area contributed by atoms with Gasteiger partial charge in [-0.25, -0.2) is 0 Å². The number of nitrogens with zero attached hydrogens (tertiary/aromatic N) is 1. The first kappa shape index (κ1) is 13.4. The van der Waals surface area contributed by atoms with Gasteiger partial charge in [0, 0.05) is 23.6 Å². The van der Waals surface area contributed by atoms with Gasteiger partial charge in [-0.15, -0.1) is 0 Å². The Kier molecular flexibility index (Phi) is 4.45. The van der Waals surface area contributed by atoms with Crippen LogP contribution in [0.1, 0.15) is 31.7 Å². The number of methoxy groups -OCH3 is 1. The van der Waals surface area contributed by atoms with E-state index in [1.165, 1.54) is 13.2 Å². The van der Waals surface area contributed by atoms with Crippen molar-refractivity contribution in [3.8, 4) is 5.75 Å². The van der Waals surface area contributed by atoms with E-state index in [1.807, 2.05) is 13.8 Å². The highest BCUT2D eigenvalue weighted by atomic mass is 16.6. The number of hydrogen-bond acceptors (Lipinski definition) is 4. The van der Waals surface area contributed by atoms with E-state index in [1.54, 1.807) is 12.1 Å². The van der Waals surface area contributed by atoms with Crippen molar-refractivity contribution in [2.24, 2.45) is 5.73 Å². The van der Waals surface area contributed by atoms with E-state index < -0.39 is 0 Å². The molecule has 0 aliphatic rings. The summed E-state index contributed by atoms with van der Waals surface area (Å²) in [5, 5.41) is 11.0. The van der Waals surface area contributed by atoms with Crippen LogP contribution in [0.5, 0.6) is 5.75 Å². The van der Waals surface area contributed by atoms with Crippen LogP contribution in [0.15, 0.2) is 18.2 Å². The summed E-state index contributed by atoms with van der Waals surface area (Å²) in [5.41, 5.74) is 6.67. The molecule has 0 spiro atoms. The summed E-state index contributed by atoms with van der Waals surface area (Å²) in [5.74, 6) is 0.538. The molecule has 2 atom stereocenters. The molecule has 0 radical (unpaired) electrons. The van der Waals surface area contributed by atoms with Crippen molar-refractivity contribution in [1.29, 1.82) is 0 Å². The lowest BCUT2D eigenvalue weighted by atomic mass is 9.91. The van der Waals surface area contributed by atoms with Gasteiger partial charge in [-0.1, -0.05) is 13.8 Å². The Bertz CT molecular complexity index is 407. The van der Waals surface area contributed by atoms with Gasteiger partial charge < -0.3 is 10.5 Å². The largest absolute Gasteiger partial charge is 0.497 e. The molecular formula is C12H18N2O3. The molecule has 1 aromatic carbocycles. The van der Waals surface area contributed by atoms with E-state index in [-0.39, 0.29) is 22.6 Å². The number of rotatable bonds is 5. The van der Waals surface area contributed by atoms with Crippen molar-refractivity contribution in [2.45, 2.75) is 32.2 Å². The van der Waals surface area contributed by atoms with Crippen LogP contribution in [0.2, 0.25) is 0 Å². The Balaban J connectivity index is 3.21. The lowest BCUT2D eigenvalue weighted by Crippen LogP contribution is -2.26. The second-order valence-corrected chi connectivity index (χ2v) is 4.04. The van der Waals surface area contributed by atoms with Crippen LogP contribution in [0.25, 0.3) is 0 Å². The van der Waals surface area contributed by atoms with E-state index >= 15 is 0 Å². The zero-order chi connectivity index (χ0) is 13.0. The molecule has 0 heterocycles. The van der Waals surface area contributed by atoms with Gasteiger partial charge >= 0.3 is 0 Å². The van der Waals surface area contributed by atoms with Crippen LogP contribution in [0.4, 0.5) is 5.69 Å². The molecule has 0 saturated carbocycles. The molecule has 2 N–H and O–H groups in total. The second-order valence-electron chi connectivity index (χ2n) is 4.04. The summed E-state index contributed by atoms with van der Waals surface area (Å²) in [6, 6.07) is 4.65. The summed E-state index contributed by atoms with van der Waals surface area (Å²) in [4.78, 5) is 10.6. The second kappa shape index (κ2) is 5.63. The number of ether oxygens (including phenoxy) is 1. The molecule has 0 saturated heterocycles. The van der Waals surface area contributed by atoms with Crippen LogP contribution in [-0.2, 0) is 0 Å². The third-order valence-electron chi connectivity index (χ3n) is 3.04. The van der Waals surface area contributed by atoms with E-state index in [2.05, 4.69) is 0 Å². The zero-order valence-corrected chi connectivity index (χ0v) is 10.3. The molecule has 17 heavy (non-hydrogen) atoms. The minimum atomic E-state index is -0.381. The Morgan fingerprint density at radius 1 is 1.53 bits per heavy atom. The average molecular weight is 238 g/mol. The van der Waals surface area contributed by atoms with Crippen molar-refractivity contribution in [3.63, 3.8) is 0 Å². The highest BCUT2D eigenvalue weighted by molar-refractivity contribution is 5.47. The monoisotopic (exact) mass is 238 g/mol. The van der Waals surface area contributed by atoms with E-state index in [4.69, 9.17) is 10.5 Å². The van der Waals surface area contributed by atoms with Gasteiger partial charge in [-0.05, 0) is 18.6 Å². The standard InChI is InChI=1S/C12H18N2O3/c1-4-11(13)8(2)10-7-9(17-3)5-6-12(10)14(15)16/h5-8,11H,4,13H2,1-3H3. The predicted molar refractivity (Wildman–Crippen MR) is 66.3 cm³/mol. The molecule has 0 aliphatic heterocycles. The molecule has 1 rings (SSSR count). The Labute approximate surface area is 101 Å². The summed E-state index contributed by atoms with van der Waals surface area (Å²) in [6.45, 7) is 3.86. The summed E-state index contributed by atoms with van der Waals surface area (Å²) < 4.78 is 5.09. The van der Waals surface area contributed by atoms with E-state index in [0.717, 1.165) is 6.42 Å². The Morgan fingerprint density at radius 2 is 2.18 bits per heavy atom. The maximum atomic E-state index is 11.0. The van der Waals surface area contributed by atoms with Crippen molar-refractivity contribution >= 4 is 5.69 Å². The smallest absolute Gasteiger partial charge is 0.273 e. The van der Waals surface area contributed by atoms with Gasteiger partial charge in [0.25, 0.3) is 5.69 Å². The van der Waals surface area contributed by atoms with Gasteiger partial charge in [-0.3, -0.25) is 10.1 Å². The molecular weight excluding hydrogens is 220 g/mol. The molecule has 0 aliphatic carbocycles. The minimum absolute atomic E-state index is 0.0736. The minimum Gasteiger partial charge on any atom is -0.497 e. The molecule has 0 amide bonds. The maximum Gasteiger partial charge on any atom is 0.273 e. The molecule has 1 aromatic rings. The van der Waals surface area contributed by atoms with Crippen LogP contribution in [-0.4, -0.2) is 18.1 Å². The van der Waals surface area contributed by atoms with Gasteiger partial charge in [0.15, 0.2) is 0 Å². The fourth-order valence-corrected chi connectivity index (χ4v) is 1.77. The Hall–Kier alpha value is -1.62. The van der Waals surface area contributed by atoms with Crippen molar-refractivity contribution in [2.75, 3.05) is 7.11 Å². The SMILES string of the molecule is CCC(N)C(C)c1cc(OC)ccc1[N+](=O)[O-]. The van der Waals surface area contributed by atoms with E-state index in [9.17, 15) is 10.1 Å². The molecule has 2 unspecified atom stereocenters. The van der Waals surface area contributed by atoms with Crippen molar-refractivity contribution in [1.82, 2.24) is 0 Å². The van der Waals surface area contributed by atoms with Gasteiger partial charge in [0.05, 0.1) is 12.0 Å². The third-order valence-corrected chi connectivity index (χ3v) is 3.04. The van der Waals surface area contributed by atoms with Crippen molar-refractivity contribution < 1.29 is 9.66 Å². The van der Waals surface area contributed by atoms with E-state index in [0.29, 0.717) is 11.3 Å². The third kappa shape index (κ3) is 2.94. The summed E-state index contributed by atoms with van der Waals surface area (Å²) in [7, 11) is 1.54. The molecule has 5 heteroatoms. The molecule has 0 bridgehead atoms. The number of nitrogens with two attached hydrogens (primary N) is 1. The van der Waals surface area contributed by atoms with Crippen LogP contribution in [0.3, 0.4) is 0 Å². The molecule has 0 aromatic heterocycles. The quantitative estimate of drug-likeness (QED) is 0.631. The lowest BCUT2D eigenvalue weighted by molar-refractivity contribution is -0.385. The maximum absolute atomic E-state index is 11.0. The number of hydrogen-bond donors (Lipinski definition) is 1. The topological polar surface area (TPSA) is 78.4 Å². The molecule has 94 valence electrons. The zero-order valence-electron chi connectivity index (χ0n) is 10.3. The predicted octanol–water partition coefficient (Wildman–Crippen LogP) is 2.44. The number of benzene rings is 1. The Morgan fingerprint density at radius 3 is 2.65 bits per heavy atom. The van der Waals surface area contributed by atoms with Gasteiger partial charge in [0.1, 0.15) is 5.75 Å². The number of nitro benzene ring substituents is 1. The van der Waals surface area contributed by atoms with Gasteiger partial charge in [0.2, 0.25) is 0 Å². The fourth-order valence-electron chi connectivity index (χ4n) is 1.77. The normalized spacial score (nSPS) is 14.1. The molecule has 0 fully saturated rings. The van der Waals surface area contributed by atoms with Crippen LogP contribution in [0, 0.1) is 10.1 Å². The lowest BCUT2D eigenvalue weighted by Gasteiger charge is -2.19. The first-order valence-electron chi connectivity index (χ1n) is 5.59. The summed E-state index contributed by atoms with van der Waals surface area (Å²) >= 11 is 0. The highest BCUT2D eigenvalue weighted by Crippen LogP contribution is 2.32. The van der Waals surface area contributed by atoms with Crippen LogP contribution < -0.4 is 10.5 Å². The van der Waals surface area contributed by atoms with Crippen LogP contribution >= 0.6 is 0 Å². The van der Waals surface area contributed by atoms with Gasteiger partial charge in [-0.2, -0.15) is 0 Å². The first-order chi connectivity index (χ1) is 8.01.